The van der Waals surface area contributed by atoms with Gasteiger partial charge in [0.2, 0.25) is 5.91 Å². The number of anilines is 3. The Kier molecular flexibility index (Phi) is 5.65. The van der Waals surface area contributed by atoms with Gasteiger partial charge in [0.15, 0.2) is 5.13 Å². The lowest BCUT2D eigenvalue weighted by Crippen LogP contribution is -2.55. The van der Waals surface area contributed by atoms with Crippen LogP contribution in [0.15, 0.2) is 42.7 Å². The van der Waals surface area contributed by atoms with Gasteiger partial charge in [0.05, 0.1) is 41.3 Å². The third-order valence-electron chi connectivity index (χ3n) is 6.84. The van der Waals surface area contributed by atoms with Crippen molar-refractivity contribution in [1.29, 1.82) is 0 Å². The van der Waals surface area contributed by atoms with Crippen LogP contribution in [0.5, 0.6) is 0 Å². The molecular weight excluding hydrogens is 476 g/mol. The van der Waals surface area contributed by atoms with E-state index in [0.29, 0.717) is 21.5 Å². The van der Waals surface area contributed by atoms with E-state index in [2.05, 4.69) is 36.1 Å². The van der Waals surface area contributed by atoms with Crippen LogP contribution in [0.4, 0.5) is 16.6 Å². The zero-order valence-corrected chi connectivity index (χ0v) is 20.6. The van der Waals surface area contributed by atoms with E-state index in [9.17, 15) is 9.59 Å². The van der Waals surface area contributed by atoms with E-state index in [1.807, 2.05) is 42.2 Å². The van der Waals surface area contributed by atoms with Crippen LogP contribution < -0.4 is 16.0 Å². The molecule has 0 atom stereocenters. The summed E-state index contributed by atoms with van der Waals surface area (Å²) in [4.78, 5) is 37.4. The fraction of sp³-hybridized carbons (Fsp3) is 0.320. The van der Waals surface area contributed by atoms with E-state index in [-0.39, 0.29) is 23.8 Å². The fourth-order valence-corrected chi connectivity index (χ4v) is 5.46. The molecule has 1 aromatic carbocycles. The van der Waals surface area contributed by atoms with E-state index in [1.165, 1.54) is 11.3 Å². The average molecular weight is 503 g/mol. The van der Waals surface area contributed by atoms with Gasteiger partial charge in [0.1, 0.15) is 10.7 Å². The summed E-state index contributed by atoms with van der Waals surface area (Å²) in [6.07, 6.45) is 5.64. The van der Waals surface area contributed by atoms with Gasteiger partial charge >= 0.3 is 0 Å². The summed E-state index contributed by atoms with van der Waals surface area (Å²) < 4.78 is 0. The molecule has 4 aromatic rings. The van der Waals surface area contributed by atoms with Gasteiger partial charge in [-0.05, 0) is 43.5 Å². The molecule has 6 rings (SSSR count). The Morgan fingerprint density at radius 1 is 1.19 bits per heavy atom. The molecule has 1 saturated carbocycles. The summed E-state index contributed by atoms with van der Waals surface area (Å²) in [6.45, 7) is 4.40. The maximum atomic E-state index is 13.0. The molecule has 0 bridgehead atoms. The minimum absolute atomic E-state index is 0.0186. The number of nitrogens with one attached hydrogen (secondary N) is 4. The minimum Gasteiger partial charge on any atom is -0.334 e. The molecule has 10 nitrogen and oxygen atoms in total. The lowest BCUT2D eigenvalue weighted by molar-refractivity contribution is -0.134. The molecule has 11 heteroatoms. The molecule has 2 fully saturated rings. The number of aryl methyl sites for hydroxylation is 1. The van der Waals surface area contributed by atoms with Crippen molar-refractivity contribution in [3.05, 3.63) is 58.9 Å². The zero-order valence-electron chi connectivity index (χ0n) is 19.8. The molecule has 4 heterocycles. The van der Waals surface area contributed by atoms with E-state index in [1.54, 1.807) is 12.4 Å². The van der Waals surface area contributed by atoms with Crippen LogP contribution in [-0.4, -0.2) is 62.1 Å². The second-order valence-electron chi connectivity index (χ2n) is 9.33. The van der Waals surface area contributed by atoms with Crippen molar-refractivity contribution in [1.82, 2.24) is 30.4 Å². The smallest absolute Gasteiger partial charge is 0.267 e. The van der Waals surface area contributed by atoms with Crippen LogP contribution in [0.1, 0.15) is 33.8 Å². The second-order valence-corrected chi connectivity index (χ2v) is 10.4. The number of carbonyl (C=O) groups is 2. The van der Waals surface area contributed by atoms with Crippen molar-refractivity contribution < 1.29 is 9.59 Å². The highest BCUT2D eigenvalue weighted by atomic mass is 32.1. The van der Waals surface area contributed by atoms with Gasteiger partial charge in [0.25, 0.3) is 5.91 Å². The van der Waals surface area contributed by atoms with Crippen molar-refractivity contribution in [2.45, 2.75) is 31.7 Å². The van der Waals surface area contributed by atoms with E-state index < -0.39 is 0 Å². The number of nitrogens with zero attached hydrogens (tertiary/aromatic N) is 4. The predicted molar refractivity (Wildman–Crippen MR) is 139 cm³/mol. The molecule has 3 aromatic heterocycles. The molecule has 1 saturated heterocycles. The standard InChI is InChI=1S/C25H26N8O2S/c1-15-5-6-18-17(12-28-32-18)22(15)31-23(35)19-13-27-24(36-19)30-20-4-2-3-16(29-20)11-21(34)33-10-9-26-14-25(33)7-8-25/h2-6,12-13,26H,7-11,14H2,1H3,(H,28,32)(H,31,35)(H,27,29,30). The number of carbonyl (C=O) groups excluding carboxylic acids is 2. The van der Waals surface area contributed by atoms with E-state index >= 15 is 0 Å². The molecule has 36 heavy (non-hydrogen) atoms. The number of amides is 2. The van der Waals surface area contributed by atoms with Crippen molar-refractivity contribution in [2.24, 2.45) is 0 Å². The number of hydrogen-bond acceptors (Lipinski definition) is 8. The number of fused-ring (bicyclic) bond motifs is 1. The molecule has 0 unspecified atom stereocenters. The Bertz CT molecular complexity index is 1460. The topological polar surface area (TPSA) is 128 Å². The fourth-order valence-electron chi connectivity index (χ4n) is 4.74. The monoisotopic (exact) mass is 502 g/mol. The largest absolute Gasteiger partial charge is 0.334 e. The first-order chi connectivity index (χ1) is 17.5. The lowest BCUT2D eigenvalue weighted by atomic mass is 10.1. The zero-order chi connectivity index (χ0) is 24.7. The Morgan fingerprint density at radius 2 is 2.08 bits per heavy atom. The first kappa shape index (κ1) is 22.6. The van der Waals surface area contributed by atoms with Gasteiger partial charge < -0.3 is 20.9 Å². The van der Waals surface area contributed by atoms with Crippen LogP contribution in [0, 0.1) is 6.92 Å². The van der Waals surface area contributed by atoms with Gasteiger partial charge in [-0.3, -0.25) is 14.7 Å². The number of benzene rings is 1. The SMILES string of the molecule is Cc1ccc2[nH]ncc2c1NC(=O)c1cnc(Nc2cccc(CC(=O)N3CCNCC34CC4)n2)s1. The Hall–Kier alpha value is -3.83. The minimum atomic E-state index is -0.241. The first-order valence-corrected chi connectivity index (χ1v) is 12.8. The third-order valence-corrected chi connectivity index (χ3v) is 7.75. The number of hydrogen-bond donors (Lipinski definition) is 4. The lowest BCUT2D eigenvalue weighted by Gasteiger charge is -2.36. The number of H-pyrrole nitrogens is 1. The maximum Gasteiger partial charge on any atom is 0.267 e. The van der Waals surface area contributed by atoms with E-state index in [0.717, 1.165) is 54.6 Å². The molecule has 2 amide bonds. The normalized spacial score (nSPS) is 16.3. The number of aromatic nitrogens is 4. The van der Waals surface area contributed by atoms with E-state index in [4.69, 9.17) is 0 Å². The Balaban J connectivity index is 1.12. The second kappa shape index (κ2) is 8.99. The van der Waals surface area contributed by atoms with Crippen molar-refractivity contribution in [3.8, 4) is 0 Å². The molecule has 1 aliphatic heterocycles. The van der Waals surface area contributed by atoms with Gasteiger partial charge in [-0.1, -0.05) is 23.5 Å². The molecule has 4 N–H and O–H groups in total. The number of rotatable bonds is 6. The van der Waals surface area contributed by atoms with Crippen LogP contribution >= 0.6 is 11.3 Å². The van der Waals surface area contributed by atoms with Gasteiger partial charge in [0, 0.05) is 25.0 Å². The molecule has 1 aliphatic carbocycles. The quantitative estimate of drug-likeness (QED) is 0.319. The van der Waals surface area contributed by atoms with Crippen molar-refractivity contribution >= 4 is 50.7 Å². The number of pyridine rings is 1. The summed E-state index contributed by atoms with van der Waals surface area (Å²) >= 11 is 1.24. The Morgan fingerprint density at radius 3 is 2.94 bits per heavy atom. The van der Waals surface area contributed by atoms with Crippen LogP contribution in [-0.2, 0) is 11.2 Å². The van der Waals surface area contributed by atoms with Crippen LogP contribution in [0.25, 0.3) is 10.9 Å². The first-order valence-electron chi connectivity index (χ1n) is 11.9. The summed E-state index contributed by atoms with van der Waals surface area (Å²) in [5.41, 5.74) is 3.26. The summed E-state index contributed by atoms with van der Waals surface area (Å²) in [6, 6.07) is 9.43. The Labute approximate surface area is 211 Å². The van der Waals surface area contributed by atoms with Crippen molar-refractivity contribution in [2.75, 3.05) is 30.3 Å². The summed E-state index contributed by atoms with van der Waals surface area (Å²) in [5, 5.41) is 17.9. The highest BCUT2D eigenvalue weighted by molar-refractivity contribution is 7.17. The molecule has 0 radical (unpaired) electrons. The maximum absolute atomic E-state index is 13.0. The summed E-state index contributed by atoms with van der Waals surface area (Å²) in [7, 11) is 0. The molecular formula is C25H26N8O2S. The summed E-state index contributed by atoms with van der Waals surface area (Å²) in [5.74, 6) is 0.464. The highest BCUT2D eigenvalue weighted by Crippen LogP contribution is 2.42. The van der Waals surface area contributed by atoms with Crippen LogP contribution in [0.3, 0.4) is 0 Å². The number of aromatic amines is 1. The van der Waals surface area contributed by atoms with Gasteiger partial charge in [-0.25, -0.2) is 9.97 Å². The molecule has 1 spiro atoms. The molecule has 2 aliphatic rings. The third kappa shape index (κ3) is 4.31. The molecule has 184 valence electrons. The van der Waals surface area contributed by atoms with Crippen molar-refractivity contribution in [3.63, 3.8) is 0 Å². The number of thiazole rings is 1. The van der Waals surface area contributed by atoms with Gasteiger partial charge in [-0.15, -0.1) is 0 Å². The predicted octanol–water partition coefficient (Wildman–Crippen LogP) is 3.23. The number of piperazine rings is 1. The van der Waals surface area contributed by atoms with Gasteiger partial charge in [-0.2, -0.15) is 5.10 Å². The average Bonchev–Trinajstić information content (AvgIpc) is 3.26. The highest BCUT2D eigenvalue weighted by Gasteiger charge is 2.50. The van der Waals surface area contributed by atoms with Crippen LogP contribution in [0.2, 0.25) is 0 Å².